The SMILES string of the molecule is CC(C)(C)c1ccc(O)c(C(C)(C)C)c1.Cc1cc2c(-c3ccccc3)cccc2[cH-]1.Cc1cc2c(-c3ccccc3)cccc2[cH-]1.[CH2]=[Zr+2]. The number of rotatable bonds is 2. The fourth-order valence-corrected chi connectivity index (χ4v) is 6.11. The molecule has 0 aliphatic heterocycles. The number of phenols is 1. The topological polar surface area (TPSA) is 20.2 Å². The second-order valence-corrected chi connectivity index (χ2v) is 14.6. The van der Waals surface area contributed by atoms with Crippen molar-refractivity contribution in [1.29, 1.82) is 0 Å². The van der Waals surface area contributed by atoms with Gasteiger partial charge in [-0.1, -0.05) is 151 Å². The molecule has 1 nitrogen and oxygen atoms in total. The van der Waals surface area contributed by atoms with Crippen molar-refractivity contribution in [2.45, 2.75) is 66.2 Å². The Morgan fingerprint density at radius 1 is 0.510 bits per heavy atom. The van der Waals surface area contributed by atoms with Gasteiger partial charge in [0.05, 0.1) is 0 Å². The predicted octanol–water partition coefficient (Wildman–Crippen LogP) is 13.0. The Bertz CT molecular complexity index is 1960. The van der Waals surface area contributed by atoms with Crippen molar-refractivity contribution >= 4 is 25.8 Å². The van der Waals surface area contributed by atoms with Crippen molar-refractivity contribution < 1.29 is 29.3 Å². The summed E-state index contributed by atoms with van der Waals surface area (Å²) < 4.78 is 3.34. The van der Waals surface area contributed by atoms with Crippen LogP contribution in [0.5, 0.6) is 5.75 Å². The third kappa shape index (κ3) is 9.74. The van der Waals surface area contributed by atoms with Crippen LogP contribution in [-0.4, -0.2) is 9.32 Å². The van der Waals surface area contributed by atoms with Crippen molar-refractivity contribution in [1.82, 2.24) is 0 Å². The maximum atomic E-state index is 9.84. The molecule has 0 spiro atoms. The summed E-state index contributed by atoms with van der Waals surface area (Å²) in [6.45, 7) is 17.2. The maximum absolute atomic E-state index is 9.84. The Hall–Kier alpha value is -4.13. The van der Waals surface area contributed by atoms with Gasteiger partial charge in [-0.25, -0.2) is 0 Å². The Labute approximate surface area is 309 Å². The summed E-state index contributed by atoms with van der Waals surface area (Å²) in [5, 5.41) is 15.2. The number of hydrogen-bond acceptors (Lipinski definition) is 1. The van der Waals surface area contributed by atoms with Crippen molar-refractivity contribution in [3.05, 3.63) is 162 Å². The molecule has 0 amide bonds. The predicted molar refractivity (Wildman–Crippen MR) is 212 cm³/mol. The van der Waals surface area contributed by atoms with Crippen molar-refractivity contribution in [3.63, 3.8) is 0 Å². The summed E-state index contributed by atoms with van der Waals surface area (Å²) in [5.74, 6) is 0.399. The van der Waals surface area contributed by atoms with Gasteiger partial charge < -0.3 is 5.11 Å². The quantitative estimate of drug-likeness (QED) is 0.176. The van der Waals surface area contributed by atoms with Crippen LogP contribution in [0.15, 0.2) is 140 Å². The van der Waals surface area contributed by atoms with Crippen LogP contribution in [-0.2, 0) is 35.1 Å². The first kappa shape index (κ1) is 37.7. The fourth-order valence-electron chi connectivity index (χ4n) is 6.11. The first-order valence-corrected chi connectivity index (χ1v) is 18.7. The van der Waals surface area contributed by atoms with Crippen molar-refractivity contribution in [2.24, 2.45) is 0 Å². The molecule has 0 aliphatic rings. The van der Waals surface area contributed by atoms with Crippen LogP contribution in [0.1, 0.15) is 63.8 Å². The number of aryl methyl sites for hydroxylation is 2. The molecule has 0 saturated heterocycles. The number of benzene rings is 5. The summed E-state index contributed by atoms with van der Waals surface area (Å²) >= 11 is 1.30. The van der Waals surface area contributed by atoms with Gasteiger partial charge in [-0.05, 0) is 39.2 Å². The summed E-state index contributed by atoms with van der Waals surface area (Å²) in [4.78, 5) is 0. The van der Waals surface area contributed by atoms with Crippen LogP contribution in [0.3, 0.4) is 0 Å². The van der Waals surface area contributed by atoms with E-state index in [1.54, 1.807) is 6.07 Å². The van der Waals surface area contributed by atoms with Crippen molar-refractivity contribution in [3.8, 4) is 28.0 Å². The molecule has 0 saturated carbocycles. The second-order valence-electron chi connectivity index (χ2n) is 14.6. The minimum atomic E-state index is -0.00859. The van der Waals surface area contributed by atoms with Gasteiger partial charge in [0, 0.05) is 0 Å². The van der Waals surface area contributed by atoms with E-state index in [4.69, 9.17) is 0 Å². The van der Waals surface area contributed by atoms with Crippen LogP contribution in [0.25, 0.3) is 43.8 Å². The molecule has 7 aromatic carbocycles. The van der Waals surface area contributed by atoms with E-state index in [0.29, 0.717) is 5.75 Å². The van der Waals surface area contributed by atoms with E-state index in [0.717, 1.165) is 5.56 Å². The molecule has 0 aliphatic carbocycles. The standard InChI is InChI=1S/2C16H13.C14H22O.CH2.Zr/c2*1-12-10-14-8-5-9-15(16(14)11-12)13-6-3-2-4-7-13;1-13(2,3)10-7-8-12(15)11(9-10)14(4,5)6;;/h2*2-11H,1H3;7-9,15H,1-6H3;1H2;/q2*-1;;;+2. The van der Waals surface area contributed by atoms with E-state index in [-0.39, 0.29) is 10.8 Å². The average Bonchev–Trinajstić information content (AvgIpc) is 3.67. The molecule has 2 heteroatoms. The van der Waals surface area contributed by atoms with E-state index in [1.807, 2.05) is 6.07 Å². The molecular formula is C47H50OZr. The van der Waals surface area contributed by atoms with Crippen LogP contribution in [0.2, 0.25) is 0 Å². The van der Waals surface area contributed by atoms with Gasteiger partial charge in [-0.3, -0.25) is 0 Å². The third-order valence-electron chi connectivity index (χ3n) is 8.63. The number of hydrogen-bond donors (Lipinski definition) is 1. The van der Waals surface area contributed by atoms with Gasteiger partial charge in [-0.2, -0.15) is 12.1 Å². The van der Waals surface area contributed by atoms with Crippen LogP contribution in [0, 0.1) is 13.8 Å². The molecule has 7 aromatic rings. The molecule has 0 atom stereocenters. The van der Waals surface area contributed by atoms with Gasteiger partial charge in [0.2, 0.25) is 0 Å². The molecule has 1 N–H and O–H groups in total. The summed E-state index contributed by atoms with van der Waals surface area (Å²) in [5.41, 5.74) is 10.3. The number of phenolic OH excluding ortho intramolecular Hbond substituents is 1. The van der Waals surface area contributed by atoms with Gasteiger partial charge in [0.1, 0.15) is 5.75 Å². The van der Waals surface area contributed by atoms with E-state index in [1.165, 1.54) is 84.7 Å². The molecular weight excluding hydrogens is 672 g/mol. The third-order valence-corrected chi connectivity index (χ3v) is 8.63. The monoisotopic (exact) mass is 720 g/mol. The molecule has 0 radical (unpaired) electrons. The van der Waals surface area contributed by atoms with E-state index in [9.17, 15) is 5.11 Å². The molecule has 0 aromatic heterocycles. The number of aromatic hydroxyl groups is 1. The Morgan fingerprint density at radius 3 is 1.33 bits per heavy atom. The van der Waals surface area contributed by atoms with Crippen LogP contribution >= 0.6 is 0 Å². The first-order chi connectivity index (χ1) is 23.3. The van der Waals surface area contributed by atoms with Crippen molar-refractivity contribution in [2.75, 3.05) is 0 Å². The molecule has 248 valence electrons. The summed E-state index contributed by atoms with van der Waals surface area (Å²) in [6, 6.07) is 49.0. The molecule has 7 rings (SSSR count). The summed E-state index contributed by atoms with van der Waals surface area (Å²) in [6.07, 6.45) is 0. The molecule has 49 heavy (non-hydrogen) atoms. The second kappa shape index (κ2) is 16.5. The van der Waals surface area contributed by atoms with Gasteiger partial charge in [-0.15, -0.1) is 69.1 Å². The van der Waals surface area contributed by atoms with Crippen LogP contribution in [0.4, 0.5) is 0 Å². The zero-order valence-electron chi connectivity index (χ0n) is 30.4. The van der Waals surface area contributed by atoms with Crippen LogP contribution < -0.4 is 0 Å². The number of fused-ring (bicyclic) bond motifs is 2. The normalized spacial score (nSPS) is 11.1. The Morgan fingerprint density at radius 2 is 0.939 bits per heavy atom. The molecule has 0 unspecified atom stereocenters. The molecule has 0 bridgehead atoms. The molecule has 0 fully saturated rings. The summed E-state index contributed by atoms with van der Waals surface area (Å²) in [7, 11) is 0. The van der Waals surface area contributed by atoms with E-state index < -0.39 is 0 Å². The zero-order valence-corrected chi connectivity index (χ0v) is 32.9. The first-order valence-electron chi connectivity index (χ1n) is 16.9. The molecule has 0 heterocycles. The van der Waals surface area contributed by atoms with Gasteiger partial charge >= 0.3 is 28.4 Å². The Kier molecular flexibility index (Phi) is 12.7. The average molecular weight is 722 g/mol. The zero-order chi connectivity index (χ0) is 35.8. The van der Waals surface area contributed by atoms with E-state index >= 15 is 0 Å². The van der Waals surface area contributed by atoms with Gasteiger partial charge in [0.15, 0.2) is 0 Å². The minimum absolute atomic E-state index is 0.00859. The Balaban J connectivity index is 0.000000162. The fraction of sp³-hybridized carbons (Fsp3) is 0.213. The van der Waals surface area contributed by atoms with Gasteiger partial charge in [0.25, 0.3) is 0 Å². The van der Waals surface area contributed by atoms with E-state index in [2.05, 4.69) is 187 Å².